The maximum atomic E-state index is 5.71. The van der Waals surface area contributed by atoms with Gasteiger partial charge in [-0.25, -0.2) is 0 Å². The molecule has 1 unspecified atom stereocenters. The molecule has 0 aromatic carbocycles. The van der Waals surface area contributed by atoms with Crippen molar-refractivity contribution in [2.24, 2.45) is 5.73 Å². The van der Waals surface area contributed by atoms with Crippen LogP contribution in [0.25, 0.3) is 0 Å². The zero-order valence-electron chi connectivity index (χ0n) is 10.7. The summed E-state index contributed by atoms with van der Waals surface area (Å²) >= 11 is 0. The Labute approximate surface area is 86.1 Å². The van der Waals surface area contributed by atoms with E-state index in [9.17, 15) is 0 Å². The van der Waals surface area contributed by atoms with Gasteiger partial charge in [0, 0.05) is 6.04 Å². The van der Waals surface area contributed by atoms with Crippen LogP contribution in [0.1, 0.15) is 73.6 Å². The van der Waals surface area contributed by atoms with E-state index in [1.54, 1.807) is 0 Å². The molecule has 1 nitrogen and oxygen atoms in total. The lowest BCUT2D eigenvalue weighted by Crippen LogP contribution is -2.17. The van der Waals surface area contributed by atoms with Crippen LogP contribution in [0.15, 0.2) is 0 Å². The van der Waals surface area contributed by atoms with E-state index in [0.717, 1.165) is 6.42 Å². The Balaban J connectivity index is -0.000000218. The predicted molar refractivity (Wildman–Crippen MR) is 65.1 cm³/mol. The van der Waals surface area contributed by atoms with Crippen molar-refractivity contribution >= 4 is 0 Å². The van der Waals surface area contributed by atoms with E-state index in [2.05, 4.69) is 13.8 Å². The number of unbranched alkanes of at least 4 members (excludes halogenated alkanes) is 2. The summed E-state index contributed by atoms with van der Waals surface area (Å²) in [5.41, 5.74) is 5.71. The molecule has 0 rings (SSSR count). The van der Waals surface area contributed by atoms with Crippen molar-refractivity contribution in [1.29, 1.82) is 0 Å². The SMILES string of the molecule is CC.CC.CCCCCC(N)CC. The third-order valence-electron chi connectivity index (χ3n) is 1.70. The van der Waals surface area contributed by atoms with E-state index in [0.29, 0.717) is 6.04 Å². The van der Waals surface area contributed by atoms with Gasteiger partial charge >= 0.3 is 0 Å². The fourth-order valence-electron chi connectivity index (χ4n) is 0.861. The monoisotopic (exact) mass is 189 g/mol. The summed E-state index contributed by atoms with van der Waals surface area (Å²) < 4.78 is 0. The van der Waals surface area contributed by atoms with E-state index in [-0.39, 0.29) is 0 Å². The second kappa shape index (κ2) is 22.7. The van der Waals surface area contributed by atoms with E-state index in [1.807, 2.05) is 27.7 Å². The summed E-state index contributed by atoms with van der Waals surface area (Å²) in [5, 5.41) is 0. The van der Waals surface area contributed by atoms with Gasteiger partial charge in [-0.2, -0.15) is 0 Å². The van der Waals surface area contributed by atoms with Gasteiger partial charge in [0.15, 0.2) is 0 Å². The van der Waals surface area contributed by atoms with Crippen LogP contribution in [0.2, 0.25) is 0 Å². The van der Waals surface area contributed by atoms with E-state index in [4.69, 9.17) is 5.73 Å². The van der Waals surface area contributed by atoms with E-state index in [1.165, 1.54) is 25.7 Å². The molecule has 84 valence electrons. The molecule has 0 spiro atoms. The summed E-state index contributed by atoms with van der Waals surface area (Å²) in [4.78, 5) is 0. The maximum absolute atomic E-state index is 5.71. The molecule has 0 bridgehead atoms. The van der Waals surface area contributed by atoms with E-state index < -0.39 is 0 Å². The average Bonchev–Trinajstić information content (AvgIpc) is 2.24. The molecular formula is C12H31N. The minimum absolute atomic E-state index is 0.455. The molecule has 0 aromatic rings. The molecule has 0 aliphatic carbocycles. The van der Waals surface area contributed by atoms with E-state index >= 15 is 0 Å². The summed E-state index contributed by atoms with van der Waals surface area (Å²) in [6.07, 6.45) is 6.30. The molecular weight excluding hydrogens is 158 g/mol. The van der Waals surface area contributed by atoms with Crippen molar-refractivity contribution in [3.8, 4) is 0 Å². The lowest BCUT2D eigenvalue weighted by molar-refractivity contribution is 0.547. The Morgan fingerprint density at radius 3 is 1.69 bits per heavy atom. The highest BCUT2D eigenvalue weighted by Crippen LogP contribution is 2.03. The third-order valence-corrected chi connectivity index (χ3v) is 1.70. The average molecular weight is 189 g/mol. The van der Waals surface area contributed by atoms with Crippen LogP contribution >= 0.6 is 0 Å². The largest absolute Gasteiger partial charge is 0.328 e. The lowest BCUT2D eigenvalue weighted by Gasteiger charge is -2.05. The summed E-state index contributed by atoms with van der Waals surface area (Å²) in [6.45, 7) is 12.4. The topological polar surface area (TPSA) is 26.0 Å². The Hall–Kier alpha value is -0.0400. The van der Waals surface area contributed by atoms with Gasteiger partial charge in [0.2, 0.25) is 0 Å². The third kappa shape index (κ3) is 24.5. The fourth-order valence-corrected chi connectivity index (χ4v) is 0.861. The van der Waals surface area contributed by atoms with Crippen molar-refractivity contribution in [2.45, 2.75) is 79.7 Å². The van der Waals surface area contributed by atoms with Crippen LogP contribution in [0.4, 0.5) is 0 Å². The highest BCUT2D eigenvalue weighted by Gasteiger charge is 1.95. The van der Waals surface area contributed by atoms with Crippen LogP contribution in [0, 0.1) is 0 Å². The van der Waals surface area contributed by atoms with Gasteiger partial charge < -0.3 is 5.73 Å². The van der Waals surface area contributed by atoms with Crippen LogP contribution in [0.5, 0.6) is 0 Å². The molecule has 0 radical (unpaired) electrons. The molecule has 0 fully saturated rings. The molecule has 1 atom stereocenters. The summed E-state index contributed by atoms with van der Waals surface area (Å²) in [6, 6.07) is 0.455. The first kappa shape index (κ1) is 18.7. The first-order valence-corrected chi connectivity index (χ1v) is 6.06. The number of nitrogens with two attached hydrogens (primary N) is 1. The lowest BCUT2D eigenvalue weighted by atomic mass is 10.1. The smallest absolute Gasteiger partial charge is 0.00362 e. The molecule has 0 saturated carbocycles. The highest BCUT2D eigenvalue weighted by molar-refractivity contribution is 4.56. The van der Waals surface area contributed by atoms with Crippen molar-refractivity contribution in [3.63, 3.8) is 0 Å². The molecule has 0 aliphatic heterocycles. The number of rotatable bonds is 5. The minimum atomic E-state index is 0.455. The van der Waals surface area contributed by atoms with Gasteiger partial charge in [0.25, 0.3) is 0 Å². The molecule has 2 N–H and O–H groups in total. The van der Waals surface area contributed by atoms with Crippen LogP contribution < -0.4 is 5.73 Å². The van der Waals surface area contributed by atoms with Gasteiger partial charge in [-0.1, -0.05) is 60.8 Å². The molecule has 0 saturated heterocycles. The Kier molecular flexibility index (Phi) is 32.6. The zero-order valence-corrected chi connectivity index (χ0v) is 10.7. The van der Waals surface area contributed by atoms with Crippen molar-refractivity contribution in [2.75, 3.05) is 0 Å². The predicted octanol–water partition coefficient (Wildman–Crippen LogP) is 4.36. The number of hydrogen-bond acceptors (Lipinski definition) is 1. The molecule has 0 heterocycles. The molecule has 0 aliphatic rings. The normalized spacial score (nSPS) is 10.4. The van der Waals surface area contributed by atoms with Crippen molar-refractivity contribution < 1.29 is 0 Å². The molecule has 13 heavy (non-hydrogen) atoms. The Bertz CT molecular complexity index is 53.1. The summed E-state index contributed by atoms with van der Waals surface area (Å²) in [5.74, 6) is 0. The molecule has 1 heteroatoms. The maximum Gasteiger partial charge on any atom is 0.00362 e. The summed E-state index contributed by atoms with van der Waals surface area (Å²) in [7, 11) is 0. The quantitative estimate of drug-likeness (QED) is 0.639. The van der Waals surface area contributed by atoms with Gasteiger partial charge in [0.1, 0.15) is 0 Å². The first-order valence-electron chi connectivity index (χ1n) is 6.06. The van der Waals surface area contributed by atoms with Crippen molar-refractivity contribution in [3.05, 3.63) is 0 Å². The zero-order chi connectivity index (χ0) is 11.1. The number of hydrogen-bond donors (Lipinski definition) is 1. The Morgan fingerprint density at radius 1 is 0.923 bits per heavy atom. The van der Waals surface area contributed by atoms with Crippen LogP contribution in [0.3, 0.4) is 0 Å². The van der Waals surface area contributed by atoms with Crippen LogP contribution in [-0.4, -0.2) is 6.04 Å². The second-order valence-electron chi connectivity index (χ2n) is 2.66. The van der Waals surface area contributed by atoms with Crippen molar-refractivity contribution in [1.82, 2.24) is 0 Å². The van der Waals surface area contributed by atoms with Gasteiger partial charge in [-0.3, -0.25) is 0 Å². The fraction of sp³-hybridized carbons (Fsp3) is 1.00. The molecule has 0 amide bonds. The molecule has 0 aromatic heterocycles. The standard InChI is InChI=1S/C8H19N.2C2H6/c1-3-5-6-7-8(9)4-2;2*1-2/h8H,3-7,9H2,1-2H3;2*1-2H3. The first-order chi connectivity index (χ1) is 6.31. The minimum Gasteiger partial charge on any atom is -0.328 e. The van der Waals surface area contributed by atoms with Gasteiger partial charge in [-0.05, 0) is 12.8 Å². The second-order valence-corrected chi connectivity index (χ2v) is 2.66. The van der Waals surface area contributed by atoms with Gasteiger partial charge in [-0.15, -0.1) is 0 Å². The van der Waals surface area contributed by atoms with Crippen LogP contribution in [-0.2, 0) is 0 Å². The Morgan fingerprint density at radius 2 is 1.38 bits per heavy atom. The van der Waals surface area contributed by atoms with Gasteiger partial charge in [0.05, 0.1) is 0 Å². The highest BCUT2D eigenvalue weighted by atomic mass is 14.6.